The zero-order chi connectivity index (χ0) is 14.2. The fraction of sp³-hybridized carbons (Fsp3) is 0.500. The third-order valence-corrected chi connectivity index (χ3v) is 4.18. The fourth-order valence-electron chi connectivity index (χ4n) is 2.24. The molecule has 2 atom stereocenters. The summed E-state index contributed by atoms with van der Waals surface area (Å²) in [6.45, 7) is 3.21. The van der Waals surface area contributed by atoms with Crippen molar-refractivity contribution in [1.82, 2.24) is 0 Å². The average Bonchev–Trinajstić information content (AvgIpc) is 2.35. The lowest BCUT2D eigenvalue weighted by molar-refractivity contribution is -0.384. The molecule has 0 saturated carbocycles. The molecule has 1 aliphatic heterocycles. The van der Waals surface area contributed by atoms with E-state index >= 15 is 0 Å². The van der Waals surface area contributed by atoms with Gasteiger partial charge in [0.2, 0.25) is 0 Å². The second kappa shape index (κ2) is 5.42. The van der Waals surface area contributed by atoms with Gasteiger partial charge in [-0.05, 0) is 28.3 Å². The Morgan fingerprint density at radius 3 is 2.84 bits per heavy atom. The summed E-state index contributed by atoms with van der Waals surface area (Å²) in [5.74, 6) is -0.136. The lowest BCUT2D eigenvalue weighted by atomic mass is 9.94. The van der Waals surface area contributed by atoms with E-state index in [-0.39, 0.29) is 16.2 Å². The number of piperidine rings is 1. The molecule has 0 radical (unpaired) electrons. The van der Waals surface area contributed by atoms with Gasteiger partial charge in [-0.3, -0.25) is 10.1 Å². The van der Waals surface area contributed by atoms with Gasteiger partial charge in [-0.1, -0.05) is 6.92 Å². The first kappa shape index (κ1) is 14.2. The molecule has 0 bridgehead atoms. The van der Waals surface area contributed by atoms with Crippen LogP contribution in [-0.4, -0.2) is 24.1 Å². The summed E-state index contributed by atoms with van der Waals surface area (Å²) in [5.41, 5.74) is 6.18. The van der Waals surface area contributed by atoms with E-state index in [0.29, 0.717) is 24.7 Å². The van der Waals surface area contributed by atoms with Gasteiger partial charge in [0.15, 0.2) is 0 Å². The van der Waals surface area contributed by atoms with E-state index in [1.165, 1.54) is 12.1 Å². The summed E-state index contributed by atoms with van der Waals surface area (Å²) in [4.78, 5) is 12.4. The molecule has 2 unspecified atom stereocenters. The molecular formula is C12H15BrFN3O2. The van der Waals surface area contributed by atoms with Crippen LogP contribution in [0, 0.1) is 21.8 Å². The molecule has 0 spiro atoms. The highest BCUT2D eigenvalue weighted by Gasteiger charge is 2.28. The maximum Gasteiger partial charge on any atom is 0.293 e. The van der Waals surface area contributed by atoms with Gasteiger partial charge >= 0.3 is 0 Å². The summed E-state index contributed by atoms with van der Waals surface area (Å²) in [6, 6.07) is 2.35. The van der Waals surface area contributed by atoms with Gasteiger partial charge in [-0.15, -0.1) is 0 Å². The molecule has 1 aromatic rings. The summed E-state index contributed by atoms with van der Waals surface area (Å²) in [7, 11) is 0. The minimum absolute atomic E-state index is 0.0555. The largest absolute Gasteiger partial charge is 0.364 e. The van der Waals surface area contributed by atoms with Crippen LogP contribution in [0.15, 0.2) is 16.6 Å². The molecule has 0 amide bonds. The number of benzene rings is 1. The van der Waals surface area contributed by atoms with Crippen LogP contribution in [0.4, 0.5) is 15.8 Å². The molecule has 104 valence electrons. The van der Waals surface area contributed by atoms with Crippen molar-refractivity contribution in [2.45, 2.75) is 19.4 Å². The Hall–Kier alpha value is -1.21. The highest BCUT2D eigenvalue weighted by atomic mass is 79.9. The van der Waals surface area contributed by atoms with Crippen LogP contribution in [0.3, 0.4) is 0 Å². The molecule has 0 aliphatic carbocycles. The summed E-state index contributed by atoms with van der Waals surface area (Å²) >= 11 is 2.97. The first-order chi connectivity index (χ1) is 8.90. The van der Waals surface area contributed by atoms with E-state index < -0.39 is 10.7 Å². The minimum atomic E-state index is -0.507. The van der Waals surface area contributed by atoms with Crippen molar-refractivity contribution in [2.75, 3.05) is 18.0 Å². The predicted octanol–water partition coefficient (Wildman–Crippen LogP) is 2.67. The molecule has 5 nitrogen and oxygen atoms in total. The first-order valence-electron chi connectivity index (χ1n) is 6.04. The Morgan fingerprint density at radius 2 is 2.26 bits per heavy atom. The summed E-state index contributed by atoms with van der Waals surface area (Å²) < 4.78 is 13.7. The number of nitro groups is 1. The van der Waals surface area contributed by atoms with E-state index in [9.17, 15) is 14.5 Å². The number of nitrogens with two attached hydrogens (primary N) is 1. The van der Waals surface area contributed by atoms with Crippen LogP contribution in [0.25, 0.3) is 0 Å². The van der Waals surface area contributed by atoms with Crippen LogP contribution in [-0.2, 0) is 0 Å². The smallest absolute Gasteiger partial charge is 0.293 e. The van der Waals surface area contributed by atoms with E-state index in [1.54, 1.807) is 4.90 Å². The summed E-state index contributed by atoms with van der Waals surface area (Å²) in [6.07, 6.45) is 0.843. The normalized spacial score (nSPS) is 23.5. The zero-order valence-corrected chi connectivity index (χ0v) is 12.1. The monoisotopic (exact) mass is 331 g/mol. The van der Waals surface area contributed by atoms with E-state index in [1.807, 2.05) is 0 Å². The van der Waals surface area contributed by atoms with Gasteiger partial charge in [0.05, 0.1) is 9.40 Å². The van der Waals surface area contributed by atoms with Gasteiger partial charge in [-0.2, -0.15) is 0 Å². The molecule has 19 heavy (non-hydrogen) atoms. The van der Waals surface area contributed by atoms with Gasteiger partial charge in [0.25, 0.3) is 5.69 Å². The number of rotatable bonds is 2. The van der Waals surface area contributed by atoms with E-state index in [2.05, 4.69) is 22.9 Å². The molecule has 2 rings (SSSR count). The maximum atomic E-state index is 13.6. The quantitative estimate of drug-likeness (QED) is 0.668. The van der Waals surface area contributed by atoms with E-state index in [0.717, 1.165) is 6.42 Å². The van der Waals surface area contributed by atoms with Gasteiger partial charge in [0.1, 0.15) is 11.5 Å². The van der Waals surface area contributed by atoms with Crippen molar-refractivity contribution in [2.24, 2.45) is 11.7 Å². The van der Waals surface area contributed by atoms with Gasteiger partial charge in [0, 0.05) is 31.3 Å². The number of nitrogens with zero attached hydrogens (tertiary/aromatic N) is 2. The molecule has 7 heteroatoms. The molecule has 1 aromatic carbocycles. The first-order valence-corrected chi connectivity index (χ1v) is 6.83. The second-order valence-electron chi connectivity index (χ2n) is 4.89. The van der Waals surface area contributed by atoms with Crippen molar-refractivity contribution in [3.63, 3.8) is 0 Å². The van der Waals surface area contributed by atoms with Crippen LogP contribution in [0.5, 0.6) is 0 Å². The number of hydrogen-bond acceptors (Lipinski definition) is 4. The van der Waals surface area contributed by atoms with Crippen LogP contribution >= 0.6 is 15.9 Å². The topological polar surface area (TPSA) is 72.4 Å². The lowest BCUT2D eigenvalue weighted by Gasteiger charge is -2.36. The Kier molecular flexibility index (Phi) is 4.05. The highest BCUT2D eigenvalue weighted by molar-refractivity contribution is 9.10. The number of anilines is 1. The number of hydrogen-bond donors (Lipinski definition) is 1. The molecular weight excluding hydrogens is 317 g/mol. The average molecular weight is 332 g/mol. The van der Waals surface area contributed by atoms with Crippen molar-refractivity contribution in [3.05, 3.63) is 32.5 Å². The van der Waals surface area contributed by atoms with Crippen molar-refractivity contribution < 1.29 is 9.31 Å². The third kappa shape index (κ3) is 2.87. The molecule has 1 fully saturated rings. The fourth-order valence-corrected chi connectivity index (χ4v) is 2.57. The van der Waals surface area contributed by atoms with Gasteiger partial charge in [-0.25, -0.2) is 4.39 Å². The second-order valence-corrected chi connectivity index (χ2v) is 5.74. The Bertz CT molecular complexity index is 512. The minimum Gasteiger partial charge on any atom is -0.364 e. The maximum absolute atomic E-state index is 13.6. The van der Waals surface area contributed by atoms with Crippen molar-refractivity contribution in [1.29, 1.82) is 0 Å². The number of halogens is 2. The highest BCUT2D eigenvalue weighted by Crippen LogP contribution is 2.35. The Labute approximate surface area is 118 Å². The van der Waals surface area contributed by atoms with E-state index in [4.69, 9.17) is 5.73 Å². The zero-order valence-electron chi connectivity index (χ0n) is 10.5. The van der Waals surface area contributed by atoms with Crippen molar-refractivity contribution >= 4 is 27.3 Å². The van der Waals surface area contributed by atoms with Crippen LogP contribution in [0.1, 0.15) is 13.3 Å². The van der Waals surface area contributed by atoms with Crippen molar-refractivity contribution in [3.8, 4) is 0 Å². The third-order valence-electron chi connectivity index (χ3n) is 3.57. The van der Waals surface area contributed by atoms with Crippen LogP contribution < -0.4 is 10.6 Å². The lowest BCUT2D eigenvalue weighted by Crippen LogP contribution is -2.47. The Balaban J connectivity index is 2.38. The summed E-state index contributed by atoms with van der Waals surface area (Å²) in [5, 5.41) is 11.1. The Morgan fingerprint density at radius 1 is 1.58 bits per heavy atom. The van der Waals surface area contributed by atoms with Crippen LogP contribution in [0.2, 0.25) is 0 Å². The van der Waals surface area contributed by atoms with Gasteiger partial charge < -0.3 is 10.6 Å². The molecule has 1 saturated heterocycles. The SMILES string of the molecule is CC1CCN(c2cc(F)c(Br)cc2[N+](=O)[O-])CC1N. The number of nitro benzene ring substituents is 1. The molecule has 1 heterocycles. The molecule has 2 N–H and O–H groups in total. The molecule has 1 aliphatic rings. The molecule has 0 aromatic heterocycles. The standard InChI is InChI=1S/C12H15BrFN3O2/c1-7-2-3-16(6-10(7)15)11-5-9(14)8(13)4-12(11)17(18)19/h4-5,7,10H,2-3,6,15H2,1H3. The predicted molar refractivity (Wildman–Crippen MR) is 74.7 cm³/mol.